The van der Waals surface area contributed by atoms with Crippen molar-refractivity contribution in [3.63, 3.8) is 0 Å². The predicted molar refractivity (Wildman–Crippen MR) is 84.8 cm³/mol. The molecule has 114 valence electrons. The van der Waals surface area contributed by atoms with E-state index in [1.54, 1.807) is 0 Å². The van der Waals surface area contributed by atoms with Gasteiger partial charge in [0.25, 0.3) is 0 Å². The molecule has 1 saturated carbocycles. The maximum absolute atomic E-state index is 9.63. The van der Waals surface area contributed by atoms with Crippen LogP contribution < -0.4 is 5.32 Å². The van der Waals surface area contributed by atoms with Crippen molar-refractivity contribution in [2.24, 2.45) is 5.92 Å². The first-order valence-corrected chi connectivity index (χ1v) is 7.97. The molecule has 1 aliphatic carbocycles. The van der Waals surface area contributed by atoms with Crippen molar-refractivity contribution in [1.82, 2.24) is 5.32 Å². The molecule has 0 saturated heterocycles. The summed E-state index contributed by atoms with van der Waals surface area (Å²) in [7, 11) is 1.85. The number of rotatable bonds is 6. The monoisotopic (exact) mass is 286 g/mol. The van der Waals surface area contributed by atoms with Gasteiger partial charge in [-0.1, -0.05) is 37.3 Å². The number of hydrogen-bond acceptors (Lipinski definition) is 3. The lowest BCUT2D eigenvalue weighted by Crippen LogP contribution is -2.40. The lowest BCUT2D eigenvalue weighted by molar-refractivity contribution is 0.0121. The zero-order valence-electron chi connectivity index (χ0n) is 13.1. The van der Waals surface area contributed by atoms with Gasteiger partial charge < -0.3 is 4.74 Å². The highest BCUT2D eigenvalue weighted by atomic mass is 16.5. The summed E-state index contributed by atoms with van der Waals surface area (Å²) < 4.78 is 6.02. The molecule has 1 N–H and O–H groups in total. The fourth-order valence-electron chi connectivity index (χ4n) is 3.09. The SMILES string of the molecule is CNC(C#N)(CCOC1CCC(C)CC1)c1ccccc1. The third kappa shape index (κ3) is 4.06. The van der Waals surface area contributed by atoms with Crippen molar-refractivity contribution in [2.75, 3.05) is 13.7 Å². The molecule has 0 amide bonds. The molecular formula is C18H26N2O. The molecule has 0 aliphatic heterocycles. The van der Waals surface area contributed by atoms with E-state index < -0.39 is 5.54 Å². The lowest BCUT2D eigenvalue weighted by Gasteiger charge is -2.30. The van der Waals surface area contributed by atoms with Gasteiger partial charge in [-0.25, -0.2) is 0 Å². The summed E-state index contributed by atoms with van der Waals surface area (Å²) in [6.45, 7) is 2.94. The molecule has 1 unspecified atom stereocenters. The molecule has 0 heterocycles. The average molecular weight is 286 g/mol. The Labute approximate surface area is 128 Å². The zero-order chi connectivity index (χ0) is 15.1. The van der Waals surface area contributed by atoms with Crippen molar-refractivity contribution in [2.45, 2.75) is 50.7 Å². The maximum atomic E-state index is 9.63. The number of nitriles is 1. The molecule has 1 aromatic carbocycles. The number of nitrogens with zero attached hydrogens (tertiary/aromatic N) is 1. The molecule has 2 rings (SSSR count). The largest absolute Gasteiger partial charge is 0.378 e. The molecule has 0 aromatic heterocycles. The second kappa shape index (κ2) is 7.59. The molecular weight excluding hydrogens is 260 g/mol. The number of ether oxygens (including phenoxy) is 1. The standard InChI is InChI=1S/C18H26N2O/c1-15-8-10-17(11-9-15)21-13-12-18(14-19,20-2)16-6-4-3-5-7-16/h3-7,15,17,20H,8-13H2,1-2H3. The van der Waals surface area contributed by atoms with E-state index in [1.165, 1.54) is 12.8 Å². The fraction of sp³-hybridized carbons (Fsp3) is 0.611. The fourth-order valence-corrected chi connectivity index (χ4v) is 3.09. The van der Waals surface area contributed by atoms with E-state index in [9.17, 15) is 5.26 Å². The molecule has 0 bridgehead atoms. The van der Waals surface area contributed by atoms with Crippen LogP contribution in [0.3, 0.4) is 0 Å². The Bertz CT molecular complexity index is 460. The van der Waals surface area contributed by atoms with Gasteiger partial charge in [0.15, 0.2) is 0 Å². The third-order valence-corrected chi connectivity index (χ3v) is 4.68. The van der Waals surface area contributed by atoms with Crippen LogP contribution in [0.15, 0.2) is 30.3 Å². The minimum atomic E-state index is -0.650. The van der Waals surface area contributed by atoms with Gasteiger partial charge in [-0.15, -0.1) is 0 Å². The summed E-state index contributed by atoms with van der Waals surface area (Å²) in [4.78, 5) is 0. The Morgan fingerprint density at radius 1 is 1.24 bits per heavy atom. The summed E-state index contributed by atoms with van der Waals surface area (Å²) in [5.74, 6) is 0.838. The van der Waals surface area contributed by atoms with Gasteiger partial charge in [0.05, 0.1) is 18.8 Å². The molecule has 1 aliphatic rings. The van der Waals surface area contributed by atoms with E-state index in [4.69, 9.17) is 4.74 Å². The van der Waals surface area contributed by atoms with Crippen molar-refractivity contribution in [3.05, 3.63) is 35.9 Å². The van der Waals surface area contributed by atoms with E-state index >= 15 is 0 Å². The summed E-state index contributed by atoms with van der Waals surface area (Å²) >= 11 is 0. The minimum absolute atomic E-state index is 0.380. The highest BCUT2D eigenvalue weighted by Gasteiger charge is 2.30. The summed E-state index contributed by atoms with van der Waals surface area (Å²) in [6.07, 6.45) is 5.90. The van der Waals surface area contributed by atoms with Gasteiger partial charge in [0.2, 0.25) is 0 Å². The molecule has 0 spiro atoms. The Hall–Kier alpha value is -1.37. The van der Waals surface area contributed by atoms with Crippen molar-refractivity contribution < 1.29 is 4.74 Å². The van der Waals surface area contributed by atoms with Crippen LogP contribution in [0.2, 0.25) is 0 Å². The van der Waals surface area contributed by atoms with Gasteiger partial charge in [0, 0.05) is 6.42 Å². The van der Waals surface area contributed by atoms with Crippen molar-refractivity contribution in [1.29, 1.82) is 5.26 Å². The van der Waals surface area contributed by atoms with Crippen LogP contribution in [0.25, 0.3) is 0 Å². The van der Waals surface area contributed by atoms with E-state index in [1.807, 2.05) is 37.4 Å². The normalized spacial score (nSPS) is 25.0. The first kappa shape index (κ1) is 16.0. The zero-order valence-corrected chi connectivity index (χ0v) is 13.1. The Balaban J connectivity index is 1.91. The quantitative estimate of drug-likeness (QED) is 0.869. The van der Waals surface area contributed by atoms with Crippen LogP contribution >= 0.6 is 0 Å². The second-order valence-corrected chi connectivity index (χ2v) is 6.14. The maximum Gasteiger partial charge on any atom is 0.134 e. The smallest absolute Gasteiger partial charge is 0.134 e. The van der Waals surface area contributed by atoms with Crippen LogP contribution in [-0.2, 0) is 10.3 Å². The number of benzene rings is 1. The molecule has 3 nitrogen and oxygen atoms in total. The predicted octanol–water partition coefficient (Wildman–Crippen LogP) is 3.61. The van der Waals surface area contributed by atoms with E-state index in [0.717, 1.165) is 24.3 Å². The van der Waals surface area contributed by atoms with Gasteiger partial charge in [-0.3, -0.25) is 5.32 Å². The molecule has 21 heavy (non-hydrogen) atoms. The van der Waals surface area contributed by atoms with Crippen LogP contribution in [-0.4, -0.2) is 19.8 Å². The summed E-state index contributed by atoms with van der Waals surface area (Å²) in [6, 6.07) is 12.4. The van der Waals surface area contributed by atoms with Crippen molar-refractivity contribution in [3.8, 4) is 6.07 Å². The Morgan fingerprint density at radius 2 is 1.90 bits per heavy atom. The van der Waals surface area contributed by atoms with Crippen molar-refractivity contribution >= 4 is 0 Å². The first-order chi connectivity index (χ1) is 10.2. The van der Waals surface area contributed by atoms with E-state index in [2.05, 4.69) is 18.3 Å². The summed E-state index contributed by atoms with van der Waals surface area (Å²) in [5.41, 5.74) is 0.360. The van der Waals surface area contributed by atoms with Crippen LogP contribution in [0, 0.1) is 17.2 Å². The highest BCUT2D eigenvalue weighted by Crippen LogP contribution is 2.28. The molecule has 1 aromatic rings. The molecule has 0 radical (unpaired) electrons. The van der Waals surface area contributed by atoms with Gasteiger partial charge >= 0.3 is 0 Å². The van der Waals surface area contributed by atoms with E-state index in [0.29, 0.717) is 19.1 Å². The molecule has 1 atom stereocenters. The van der Waals surface area contributed by atoms with Gasteiger partial charge in [-0.05, 0) is 44.2 Å². The van der Waals surface area contributed by atoms with Gasteiger partial charge in [-0.2, -0.15) is 5.26 Å². The molecule has 3 heteroatoms. The van der Waals surface area contributed by atoms with Crippen LogP contribution in [0.1, 0.15) is 44.6 Å². The van der Waals surface area contributed by atoms with Crippen LogP contribution in [0.4, 0.5) is 0 Å². The summed E-state index contributed by atoms with van der Waals surface area (Å²) in [5, 5.41) is 12.8. The van der Waals surface area contributed by atoms with Crippen LogP contribution in [0.5, 0.6) is 0 Å². The number of hydrogen-bond donors (Lipinski definition) is 1. The first-order valence-electron chi connectivity index (χ1n) is 7.97. The topological polar surface area (TPSA) is 45.0 Å². The Kier molecular flexibility index (Phi) is 5.78. The highest BCUT2D eigenvalue weighted by molar-refractivity contribution is 5.31. The lowest BCUT2D eigenvalue weighted by atomic mass is 9.87. The number of nitrogens with one attached hydrogen (secondary N) is 1. The van der Waals surface area contributed by atoms with E-state index in [-0.39, 0.29) is 0 Å². The second-order valence-electron chi connectivity index (χ2n) is 6.14. The van der Waals surface area contributed by atoms with Gasteiger partial charge in [0.1, 0.15) is 5.54 Å². The Morgan fingerprint density at radius 3 is 2.48 bits per heavy atom. The third-order valence-electron chi connectivity index (χ3n) is 4.68. The average Bonchev–Trinajstić information content (AvgIpc) is 2.55. The molecule has 1 fully saturated rings. The minimum Gasteiger partial charge on any atom is -0.378 e.